The van der Waals surface area contributed by atoms with Crippen LogP contribution in [-0.2, 0) is 0 Å². The van der Waals surface area contributed by atoms with Crippen molar-refractivity contribution < 1.29 is 8.78 Å². The van der Waals surface area contributed by atoms with Crippen LogP contribution in [-0.4, -0.2) is 14.5 Å². The van der Waals surface area contributed by atoms with Gasteiger partial charge in [-0.05, 0) is 42.9 Å². The summed E-state index contributed by atoms with van der Waals surface area (Å²) in [5, 5.41) is 0. The number of aryl methyl sites for hydroxylation is 1. The fourth-order valence-electron chi connectivity index (χ4n) is 2.01. The van der Waals surface area contributed by atoms with Crippen LogP contribution >= 0.6 is 12.2 Å². The first-order valence-corrected chi connectivity index (χ1v) is 6.00. The van der Waals surface area contributed by atoms with E-state index >= 15 is 0 Å². The van der Waals surface area contributed by atoms with Crippen LogP contribution in [0, 0.1) is 23.3 Å². The summed E-state index contributed by atoms with van der Waals surface area (Å²) in [5.41, 5.74) is 2.19. The SMILES string of the molecule is Cc1ccnc2c1[nH]c(=S)n2-c1cc(F)ccc1F. The van der Waals surface area contributed by atoms with Gasteiger partial charge < -0.3 is 4.98 Å². The molecule has 0 unspecified atom stereocenters. The van der Waals surface area contributed by atoms with Crippen molar-refractivity contribution in [2.24, 2.45) is 0 Å². The first-order valence-electron chi connectivity index (χ1n) is 5.59. The molecule has 0 aliphatic rings. The van der Waals surface area contributed by atoms with E-state index in [1.54, 1.807) is 6.20 Å². The van der Waals surface area contributed by atoms with Crippen LogP contribution in [0.4, 0.5) is 8.78 Å². The first kappa shape index (κ1) is 12.0. The second-order valence-electron chi connectivity index (χ2n) is 4.19. The van der Waals surface area contributed by atoms with Crippen LogP contribution in [0.2, 0.25) is 0 Å². The monoisotopic (exact) mass is 277 g/mol. The van der Waals surface area contributed by atoms with Gasteiger partial charge in [0.15, 0.2) is 10.4 Å². The quantitative estimate of drug-likeness (QED) is 0.688. The van der Waals surface area contributed by atoms with E-state index in [4.69, 9.17) is 12.2 Å². The third kappa shape index (κ3) is 1.84. The zero-order valence-corrected chi connectivity index (χ0v) is 10.8. The highest BCUT2D eigenvalue weighted by Gasteiger charge is 2.13. The van der Waals surface area contributed by atoms with E-state index in [-0.39, 0.29) is 10.5 Å². The Labute approximate surface area is 112 Å². The summed E-state index contributed by atoms with van der Waals surface area (Å²) in [7, 11) is 0. The lowest BCUT2D eigenvalue weighted by atomic mass is 10.2. The predicted octanol–water partition coefficient (Wildman–Crippen LogP) is 3.67. The zero-order valence-electron chi connectivity index (χ0n) is 9.95. The Morgan fingerprint density at radius 2 is 2.05 bits per heavy atom. The molecule has 0 spiro atoms. The van der Waals surface area contributed by atoms with Crippen LogP contribution in [0.1, 0.15) is 5.56 Å². The summed E-state index contributed by atoms with van der Waals surface area (Å²) in [6, 6.07) is 5.05. The van der Waals surface area contributed by atoms with Crippen molar-refractivity contribution in [3.8, 4) is 5.69 Å². The Morgan fingerprint density at radius 3 is 2.84 bits per heavy atom. The van der Waals surface area contributed by atoms with Gasteiger partial charge >= 0.3 is 0 Å². The molecule has 0 saturated carbocycles. The molecule has 0 fully saturated rings. The smallest absolute Gasteiger partial charge is 0.184 e. The van der Waals surface area contributed by atoms with E-state index in [1.165, 1.54) is 4.57 Å². The minimum atomic E-state index is -0.554. The fourth-order valence-corrected chi connectivity index (χ4v) is 2.29. The van der Waals surface area contributed by atoms with Crippen LogP contribution in [0.3, 0.4) is 0 Å². The number of hydrogen-bond donors (Lipinski definition) is 1. The Hall–Kier alpha value is -2.08. The van der Waals surface area contributed by atoms with E-state index < -0.39 is 11.6 Å². The molecule has 19 heavy (non-hydrogen) atoms. The van der Waals surface area contributed by atoms with E-state index in [9.17, 15) is 8.78 Å². The van der Waals surface area contributed by atoms with Gasteiger partial charge in [-0.25, -0.2) is 13.8 Å². The number of imidazole rings is 1. The highest BCUT2D eigenvalue weighted by atomic mass is 32.1. The second kappa shape index (κ2) is 4.24. The number of halogens is 2. The second-order valence-corrected chi connectivity index (χ2v) is 4.57. The number of aromatic nitrogens is 3. The molecule has 1 N–H and O–H groups in total. The molecule has 0 amide bonds. The molecule has 0 radical (unpaired) electrons. The lowest BCUT2D eigenvalue weighted by Crippen LogP contribution is -2.00. The molecule has 0 aliphatic heterocycles. The zero-order chi connectivity index (χ0) is 13.6. The number of aromatic amines is 1. The molecule has 0 saturated heterocycles. The molecule has 2 aromatic heterocycles. The van der Waals surface area contributed by atoms with Gasteiger partial charge in [0.25, 0.3) is 0 Å². The fraction of sp³-hybridized carbons (Fsp3) is 0.0769. The number of pyridine rings is 1. The Balaban J connectivity index is 2.43. The summed E-state index contributed by atoms with van der Waals surface area (Å²) in [6.45, 7) is 1.89. The molecule has 96 valence electrons. The van der Waals surface area contributed by atoms with Gasteiger partial charge in [0.05, 0.1) is 11.2 Å². The number of nitrogens with one attached hydrogen (secondary N) is 1. The van der Waals surface area contributed by atoms with Gasteiger partial charge in [0.1, 0.15) is 11.6 Å². The number of nitrogens with zero attached hydrogens (tertiary/aromatic N) is 2. The predicted molar refractivity (Wildman–Crippen MR) is 70.9 cm³/mol. The summed E-state index contributed by atoms with van der Waals surface area (Å²) in [6.07, 6.45) is 1.61. The maximum Gasteiger partial charge on any atom is 0.184 e. The van der Waals surface area contributed by atoms with Crippen molar-refractivity contribution >= 4 is 23.4 Å². The average molecular weight is 277 g/mol. The lowest BCUT2D eigenvalue weighted by Gasteiger charge is -2.05. The van der Waals surface area contributed by atoms with Crippen LogP contribution in [0.25, 0.3) is 16.9 Å². The molecule has 3 rings (SSSR count). The summed E-state index contributed by atoms with van der Waals surface area (Å²) in [5.74, 6) is -1.08. The molecular weight excluding hydrogens is 268 g/mol. The number of fused-ring (bicyclic) bond motifs is 1. The number of rotatable bonds is 1. The van der Waals surface area contributed by atoms with E-state index in [2.05, 4.69) is 9.97 Å². The first-order chi connectivity index (χ1) is 9.08. The molecule has 6 heteroatoms. The minimum Gasteiger partial charge on any atom is -0.329 e. The normalized spacial score (nSPS) is 11.1. The number of benzene rings is 1. The highest BCUT2D eigenvalue weighted by molar-refractivity contribution is 7.71. The van der Waals surface area contributed by atoms with E-state index in [0.717, 1.165) is 29.3 Å². The van der Waals surface area contributed by atoms with Crippen LogP contribution < -0.4 is 0 Å². The van der Waals surface area contributed by atoms with Crippen molar-refractivity contribution in [1.29, 1.82) is 0 Å². The number of H-pyrrole nitrogens is 1. The standard InChI is InChI=1S/C13H9F2N3S/c1-7-4-5-16-12-11(7)17-13(19)18(12)10-6-8(14)2-3-9(10)15/h2-6H,1H3,(H,17,19). The summed E-state index contributed by atoms with van der Waals surface area (Å²) >= 11 is 5.18. The molecule has 1 aromatic carbocycles. The molecule has 0 atom stereocenters. The van der Waals surface area contributed by atoms with Crippen LogP contribution in [0.15, 0.2) is 30.5 Å². The molecule has 3 aromatic rings. The third-order valence-corrected chi connectivity index (χ3v) is 3.22. The maximum atomic E-state index is 13.9. The number of hydrogen-bond acceptors (Lipinski definition) is 2. The van der Waals surface area contributed by atoms with E-state index in [1.807, 2.05) is 13.0 Å². The van der Waals surface area contributed by atoms with Gasteiger partial charge in [-0.2, -0.15) is 0 Å². The Morgan fingerprint density at radius 1 is 1.26 bits per heavy atom. The Bertz CT molecular complexity index is 836. The van der Waals surface area contributed by atoms with Crippen molar-refractivity contribution in [3.05, 3.63) is 52.4 Å². The lowest BCUT2D eigenvalue weighted by molar-refractivity contribution is 0.593. The minimum absolute atomic E-state index is 0.0503. The van der Waals surface area contributed by atoms with Crippen molar-refractivity contribution in [2.75, 3.05) is 0 Å². The summed E-state index contributed by atoms with van der Waals surface area (Å²) < 4.78 is 28.8. The van der Waals surface area contributed by atoms with Gasteiger partial charge in [-0.3, -0.25) is 4.57 Å². The third-order valence-electron chi connectivity index (χ3n) is 2.94. The topological polar surface area (TPSA) is 33.6 Å². The van der Waals surface area contributed by atoms with Gasteiger partial charge in [0, 0.05) is 12.3 Å². The van der Waals surface area contributed by atoms with Crippen molar-refractivity contribution in [3.63, 3.8) is 0 Å². The van der Waals surface area contributed by atoms with Crippen molar-refractivity contribution in [1.82, 2.24) is 14.5 Å². The molecule has 3 nitrogen and oxygen atoms in total. The molecular formula is C13H9F2N3S. The summed E-state index contributed by atoms with van der Waals surface area (Å²) in [4.78, 5) is 7.15. The maximum absolute atomic E-state index is 13.9. The van der Waals surface area contributed by atoms with Gasteiger partial charge in [0.2, 0.25) is 0 Å². The largest absolute Gasteiger partial charge is 0.329 e. The van der Waals surface area contributed by atoms with Crippen LogP contribution in [0.5, 0.6) is 0 Å². The molecule has 0 bridgehead atoms. The highest BCUT2D eigenvalue weighted by Crippen LogP contribution is 2.22. The van der Waals surface area contributed by atoms with Gasteiger partial charge in [-0.1, -0.05) is 0 Å². The van der Waals surface area contributed by atoms with E-state index in [0.29, 0.717) is 5.65 Å². The molecule has 2 heterocycles. The van der Waals surface area contributed by atoms with Crippen molar-refractivity contribution in [2.45, 2.75) is 6.92 Å². The Kier molecular flexibility index (Phi) is 2.67. The van der Waals surface area contributed by atoms with Gasteiger partial charge in [-0.15, -0.1) is 0 Å². The average Bonchev–Trinajstić information content (AvgIpc) is 2.70. The molecule has 0 aliphatic carbocycles.